The SMILES string of the molecule is CC1CCN(C(=O)CCC(=O)c2cc(Cl)sc2Cl)C(CN)C1.Cl. The minimum atomic E-state index is -0.142. The maximum absolute atomic E-state index is 12.4. The first-order chi connectivity index (χ1) is 10.4. The number of nitrogens with two attached hydrogens (primary N) is 1. The van der Waals surface area contributed by atoms with Crippen LogP contribution in [0.3, 0.4) is 0 Å². The first-order valence-corrected chi connectivity index (χ1v) is 8.97. The van der Waals surface area contributed by atoms with Gasteiger partial charge < -0.3 is 10.6 Å². The smallest absolute Gasteiger partial charge is 0.223 e. The van der Waals surface area contributed by atoms with Crippen LogP contribution in [0.4, 0.5) is 0 Å². The molecule has 8 heteroatoms. The van der Waals surface area contributed by atoms with Crippen LogP contribution in [-0.2, 0) is 4.79 Å². The van der Waals surface area contributed by atoms with Crippen molar-refractivity contribution in [1.29, 1.82) is 0 Å². The monoisotopic (exact) mass is 398 g/mol. The second kappa shape index (κ2) is 9.23. The molecule has 0 aromatic carbocycles. The van der Waals surface area contributed by atoms with Crippen molar-refractivity contribution in [2.45, 2.75) is 38.6 Å². The summed E-state index contributed by atoms with van der Waals surface area (Å²) in [4.78, 5) is 26.3. The van der Waals surface area contributed by atoms with E-state index < -0.39 is 0 Å². The maximum Gasteiger partial charge on any atom is 0.223 e. The fourth-order valence-electron chi connectivity index (χ4n) is 2.83. The number of ketones is 1. The number of Topliss-reactive ketones (excluding diaryl/α,β-unsaturated/α-hetero) is 1. The number of rotatable bonds is 5. The van der Waals surface area contributed by atoms with E-state index in [1.54, 1.807) is 6.07 Å². The molecule has 4 nitrogen and oxygen atoms in total. The lowest BCUT2D eigenvalue weighted by molar-refractivity contribution is -0.135. The number of thiophene rings is 1. The van der Waals surface area contributed by atoms with Gasteiger partial charge >= 0.3 is 0 Å². The van der Waals surface area contributed by atoms with Crippen LogP contribution in [0.25, 0.3) is 0 Å². The standard InChI is InChI=1S/C15H20Cl2N2O2S.ClH/c1-9-4-5-19(10(6-9)8-18)14(21)3-2-12(20)11-7-13(16)22-15(11)17;/h7,9-10H,2-6,8,18H2,1H3;1H. The van der Waals surface area contributed by atoms with E-state index in [9.17, 15) is 9.59 Å². The Bertz CT molecular complexity index is 565. The fourth-order valence-corrected chi connectivity index (χ4v) is 4.33. The molecule has 1 aromatic heterocycles. The maximum atomic E-state index is 12.4. The molecule has 2 heterocycles. The third kappa shape index (κ3) is 5.33. The zero-order chi connectivity index (χ0) is 16.3. The largest absolute Gasteiger partial charge is 0.338 e. The number of nitrogens with zero attached hydrogens (tertiary/aromatic N) is 1. The Hall–Kier alpha value is -0.330. The molecule has 1 aliphatic heterocycles. The number of likely N-dealkylation sites (tertiary alicyclic amines) is 1. The van der Waals surface area contributed by atoms with Gasteiger partial charge in [0.15, 0.2) is 5.78 Å². The molecular weight excluding hydrogens is 379 g/mol. The van der Waals surface area contributed by atoms with E-state index in [1.165, 1.54) is 0 Å². The lowest BCUT2D eigenvalue weighted by Gasteiger charge is -2.38. The molecular formula is C15H21Cl3N2O2S. The van der Waals surface area contributed by atoms with E-state index in [-0.39, 0.29) is 43.0 Å². The number of amides is 1. The van der Waals surface area contributed by atoms with Crippen molar-refractivity contribution in [2.75, 3.05) is 13.1 Å². The third-order valence-corrected chi connectivity index (χ3v) is 5.58. The lowest BCUT2D eigenvalue weighted by atomic mass is 9.92. The molecule has 130 valence electrons. The summed E-state index contributed by atoms with van der Waals surface area (Å²) in [6.45, 7) is 3.37. The first kappa shape index (κ1) is 20.7. The normalized spacial score (nSPS) is 21.0. The van der Waals surface area contributed by atoms with Gasteiger partial charge in [0, 0.05) is 37.5 Å². The summed E-state index contributed by atoms with van der Waals surface area (Å²) >= 11 is 13.0. The molecule has 0 saturated carbocycles. The van der Waals surface area contributed by atoms with Gasteiger partial charge in [0.2, 0.25) is 5.91 Å². The number of carbonyl (C=O) groups is 2. The molecule has 1 aliphatic rings. The predicted octanol–water partition coefficient (Wildman–Crippen LogP) is 4.03. The Morgan fingerprint density at radius 3 is 2.65 bits per heavy atom. The summed E-state index contributed by atoms with van der Waals surface area (Å²) in [6, 6.07) is 1.65. The average molecular weight is 400 g/mol. The van der Waals surface area contributed by atoms with Crippen molar-refractivity contribution in [3.05, 3.63) is 20.3 Å². The second-order valence-corrected chi connectivity index (χ2v) is 8.05. The Labute approximate surface area is 156 Å². The van der Waals surface area contributed by atoms with Gasteiger partial charge in [0.05, 0.1) is 4.34 Å². The molecule has 2 unspecified atom stereocenters. The Balaban J connectivity index is 0.00000264. The van der Waals surface area contributed by atoms with Crippen molar-refractivity contribution in [2.24, 2.45) is 11.7 Å². The quantitative estimate of drug-likeness (QED) is 0.760. The molecule has 0 aliphatic carbocycles. The molecule has 0 spiro atoms. The van der Waals surface area contributed by atoms with E-state index in [0.29, 0.717) is 26.7 Å². The van der Waals surface area contributed by atoms with E-state index in [2.05, 4.69) is 6.92 Å². The number of hydrogen-bond acceptors (Lipinski definition) is 4. The van der Waals surface area contributed by atoms with Gasteiger partial charge in [-0.2, -0.15) is 0 Å². The van der Waals surface area contributed by atoms with Crippen LogP contribution < -0.4 is 5.73 Å². The average Bonchev–Trinajstić information content (AvgIpc) is 2.83. The summed E-state index contributed by atoms with van der Waals surface area (Å²) in [5, 5.41) is 0. The molecule has 1 fully saturated rings. The molecule has 2 atom stereocenters. The topological polar surface area (TPSA) is 63.4 Å². The summed E-state index contributed by atoms with van der Waals surface area (Å²) < 4.78 is 0.863. The van der Waals surface area contributed by atoms with Crippen molar-refractivity contribution < 1.29 is 9.59 Å². The van der Waals surface area contributed by atoms with Gasteiger partial charge in [-0.25, -0.2) is 0 Å². The van der Waals surface area contributed by atoms with Crippen molar-refractivity contribution in [1.82, 2.24) is 4.90 Å². The number of piperidine rings is 1. The van der Waals surface area contributed by atoms with Crippen LogP contribution in [-0.4, -0.2) is 35.7 Å². The van der Waals surface area contributed by atoms with Crippen LogP contribution in [0, 0.1) is 5.92 Å². The zero-order valence-electron chi connectivity index (χ0n) is 12.9. The Morgan fingerprint density at radius 2 is 2.09 bits per heavy atom. The lowest BCUT2D eigenvalue weighted by Crippen LogP contribution is -2.49. The number of carbonyl (C=O) groups excluding carboxylic acids is 2. The molecule has 0 bridgehead atoms. The minimum Gasteiger partial charge on any atom is -0.338 e. The van der Waals surface area contributed by atoms with Crippen LogP contribution in [0.1, 0.15) is 43.0 Å². The molecule has 2 rings (SSSR count). The van der Waals surface area contributed by atoms with Gasteiger partial charge in [-0.3, -0.25) is 9.59 Å². The van der Waals surface area contributed by atoms with Crippen molar-refractivity contribution >= 4 is 58.6 Å². The van der Waals surface area contributed by atoms with E-state index in [4.69, 9.17) is 28.9 Å². The van der Waals surface area contributed by atoms with Crippen LogP contribution >= 0.6 is 46.9 Å². The highest BCUT2D eigenvalue weighted by molar-refractivity contribution is 7.20. The van der Waals surface area contributed by atoms with E-state index in [0.717, 1.165) is 30.7 Å². The summed E-state index contributed by atoms with van der Waals surface area (Å²) in [5.74, 6) is 0.440. The van der Waals surface area contributed by atoms with E-state index in [1.807, 2.05) is 4.90 Å². The highest BCUT2D eigenvalue weighted by Gasteiger charge is 2.29. The van der Waals surface area contributed by atoms with Gasteiger partial charge in [-0.1, -0.05) is 30.1 Å². The summed E-state index contributed by atoms with van der Waals surface area (Å²) in [6.07, 6.45) is 2.26. The van der Waals surface area contributed by atoms with Crippen LogP contribution in [0.5, 0.6) is 0 Å². The fraction of sp³-hybridized carbons (Fsp3) is 0.600. The highest BCUT2D eigenvalue weighted by Crippen LogP contribution is 2.32. The zero-order valence-corrected chi connectivity index (χ0v) is 16.0. The summed E-state index contributed by atoms with van der Waals surface area (Å²) in [5.41, 5.74) is 6.18. The second-order valence-electron chi connectivity index (χ2n) is 5.77. The molecule has 1 amide bonds. The van der Waals surface area contributed by atoms with Gasteiger partial charge in [-0.15, -0.1) is 23.7 Å². The first-order valence-electron chi connectivity index (χ1n) is 7.40. The van der Waals surface area contributed by atoms with Gasteiger partial charge in [0.1, 0.15) is 4.34 Å². The van der Waals surface area contributed by atoms with Gasteiger partial charge in [0.25, 0.3) is 0 Å². The number of halogens is 3. The molecule has 23 heavy (non-hydrogen) atoms. The van der Waals surface area contributed by atoms with Crippen LogP contribution in [0.2, 0.25) is 8.67 Å². The summed E-state index contributed by atoms with van der Waals surface area (Å²) in [7, 11) is 0. The minimum absolute atomic E-state index is 0. The molecule has 1 aromatic rings. The molecule has 0 radical (unpaired) electrons. The van der Waals surface area contributed by atoms with Gasteiger partial charge in [-0.05, 0) is 24.8 Å². The van der Waals surface area contributed by atoms with Crippen molar-refractivity contribution in [3.8, 4) is 0 Å². The predicted molar refractivity (Wildman–Crippen MR) is 98.1 cm³/mol. The third-order valence-electron chi connectivity index (χ3n) is 4.09. The Kier molecular flexibility index (Phi) is 8.31. The molecule has 1 saturated heterocycles. The molecule has 2 N–H and O–H groups in total. The van der Waals surface area contributed by atoms with Crippen LogP contribution in [0.15, 0.2) is 6.07 Å². The van der Waals surface area contributed by atoms with Crippen molar-refractivity contribution in [3.63, 3.8) is 0 Å². The highest BCUT2D eigenvalue weighted by atomic mass is 35.5. The number of hydrogen-bond donors (Lipinski definition) is 1. The Morgan fingerprint density at radius 1 is 1.39 bits per heavy atom. The van der Waals surface area contributed by atoms with E-state index >= 15 is 0 Å².